The lowest BCUT2D eigenvalue weighted by Gasteiger charge is -2.22. The Hall–Kier alpha value is -2.62. The fourth-order valence-electron chi connectivity index (χ4n) is 3.20. The molecule has 0 aliphatic heterocycles. The number of hydrogen-bond donors (Lipinski definition) is 2. The van der Waals surface area contributed by atoms with Crippen molar-refractivity contribution in [3.8, 4) is 0 Å². The van der Waals surface area contributed by atoms with Crippen molar-refractivity contribution < 1.29 is 14.0 Å². The highest BCUT2D eigenvalue weighted by atomic mass is 35.5. The molecule has 0 aliphatic carbocycles. The number of para-hydroxylation sites is 1. The molecule has 7 nitrogen and oxygen atoms in total. The Balaban J connectivity index is 1.73. The molecule has 0 saturated heterocycles. The van der Waals surface area contributed by atoms with Crippen molar-refractivity contribution in [2.75, 3.05) is 11.1 Å². The van der Waals surface area contributed by atoms with E-state index in [9.17, 15) is 14.0 Å². The molecule has 0 bridgehead atoms. The summed E-state index contributed by atoms with van der Waals surface area (Å²) in [6, 6.07) is 10.2. The van der Waals surface area contributed by atoms with Gasteiger partial charge in [-0.15, -0.1) is 10.2 Å². The van der Waals surface area contributed by atoms with Crippen LogP contribution in [0.3, 0.4) is 0 Å². The molecule has 0 aliphatic rings. The van der Waals surface area contributed by atoms with Gasteiger partial charge < -0.3 is 15.2 Å². The molecule has 3 aromatic rings. The summed E-state index contributed by atoms with van der Waals surface area (Å²) >= 11 is 13.2. The zero-order chi connectivity index (χ0) is 24.8. The number of nitrogens with zero attached hydrogens (tertiary/aromatic N) is 3. The monoisotopic (exact) mass is 523 g/mol. The van der Waals surface area contributed by atoms with Gasteiger partial charge in [0, 0.05) is 12.1 Å². The molecule has 0 fully saturated rings. The van der Waals surface area contributed by atoms with E-state index in [1.807, 2.05) is 25.3 Å². The molecule has 3 rings (SSSR count). The minimum atomic E-state index is -0.502. The van der Waals surface area contributed by atoms with Gasteiger partial charge in [0.05, 0.1) is 27.5 Å². The van der Waals surface area contributed by atoms with Gasteiger partial charge in [0.15, 0.2) is 11.0 Å². The minimum absolute atomic E-state index is 0.00317. The summed E-state index contributed by atoms with van der Waals surface area (Å²) in [5.41, 5.74) is 0.498. The number of benzene rings is 2. The van der Waals surface area contributed by atoms with Crippen molar-refractivity contribution >= 4 is 52.5 Å². The highest BCUT2D eigenvalue weighted by Crippen LogP contribution is 2.27. The Morgan fingerprint density at radius 2 is 1.85 bits per heavy atom. The number of aromatic nitrogens is 3. The molecule has 11 heteroatoms. The summed E-state index contributed by atoms with van der Waals surface area (Å²) in [6.07, 6.45) is 0. The first-order valence-electron chi connectivity index (χ1n) is 10.6. The Labute approximate surface area is 211 Å². The van der Waals surface area contributed by atoms with E-state index >= 15 is 0 Å². The molecule has 0 unspecified atom stereocenters. The Bertz CT molecular complexity index is 1190. The SMILES string of the molecule is CCn1c(SCC(=O)Nc2ccccc2F)nnc1[C@H](NC(=O)c1ccc(Cl)c(Cl)c1)C(C)C. The molecule has 0 radical (unpaired) electrons. The second-order valence-corrected chi connectivity index (χ2v) is 9.48. The van der Waals surface area contributed by atoms with Gasteiger partial charge in [0.2, 0.25) is 5.91 Å². The van der Waals surface area contributed by atoms with Crippen LogP contribution in [0.1, 0.15) is 43.0 Å². The van der Waals surface area contributed by atoms with Crippen molar-refractivity contribution in [2.24, 2.45) is 5.92 Å². The van der Waals surface area contributed by atoms with Gasteiger partial charge >= 0.3 is 0 Å². The summed E-state index contributed by atoms with van der Waals surface area (Å²) in [5, 5.41) is 15.2. The second kappa shape index (κ2) is 11.7. The van der Waals surface area contributed by atoms with Crippen LogP contribution in [-0.2, 0) is 11.3 Å². The second-order valence-electron chi connectivity index (χ2n) is 7.73. The third-order valence-corrected chi connectivity index (χ3v) is 6.66. The van der Waals surface area contributed by atoms with E-state index in [1.165, 1.54) is 30.0 Å². The quantitative estimate of drug-likeness (QED) is 0.356. The van der Waals surface area contributed by atoms with Crippen molar-refractivity contribution in [2.45, 2.75) is 38.5 Å². The van der Waals surface area contributed by atoms with E-state index in [0.717, 1.165) is 0 Å². The maximum Gasteiger partial charge on any atom is 0.251 e. The molecule has 2 amide bonds. The maximum atomic E-state index is 13.8. The normalized spacial score (nSPS) is 12.0. The van der Waals surface area contributed by atoms with E-state index in [-0.39, 0.29) is 29.2 Å². The summed E-state index contributed by atoms with van der Waals surface area (Å²) in [6.45, 7) is 6.38. The van der Waals surface area contributed by atoms with Gasteiger partial charge in [0.1, 0.15) is 5.82 Å². The number of carbonyl (C=O) groups excluding carboxylic acids is 2. The van der Waals surface area contributed by atoms with Gasteiger partial charge in [-0.05, 0) is 43.2 Å². The van der Waals surface area contributed by atoms with Crippen LogP contribution in [0.2, 0.25) is 10.0 Å². The van der Waals surface area contributed by atoms with E-state index in [4.69, 9.17) is 23.2 Å². The Morgan fingerprint density at radius 1 is 1.12 bits per heavy atom. The predicted molar refractivity (Wildman–Crippen MR) is 133 cm³/mol. The van der Waals surface area contributed by atoms with Crippen molar-refractivity contribution in [3.05, 3.63) is 69.7 Å². The third kappa shape index (κ3) is 6.28. The Kier molecular flexibility index (Phi) is 8.93. The molecular formula is C23H24Cl2FN5O2S. The summed E-state index contributed by atoms with van der Waals surface area (Å²) in [4.78, 5) is 25.2. The number of rotatable bonds is 9. The standard InChI is InChI=1S/C23H24Cl2FN5O2S/c1-4-31-21(20(13(2)3)28-22(33)14-9-10-15(24)16(25)11-14)29-30-23(31)34-12-19(32)27-18-8-6-5-7-17(18)26/h5-11,13,20H,4,12H2,1-3H3,(H,27,32)(H,28,33)/t20-/m1/s1. The van der Waals surface area contributed by atoms with E-state index < -0.39 is 11.9 Å². The van der Waals surface area contributed by atoms with Crippen LogP contribution in [0.4, 0.5) is 10.1 Å². The fourth-order valence-corrected chi connectivity index (χ4v) is 4.31. The highest BCUT2D eigenvalue weighted by molar-refractivity contribution is 7.99. The molecule has 1 heterocycles. The molecule has 1 aromatic heterocycles. The maximum absolute atomic E-state index is 13.8. The Morgan fingerprint density at radius 3 is 2.50 bits per heavy atom. The van der Waals surface area contributed by atoms with Crippen LogP contribution in [0.25, 0.3) is 0 Å². The van der Waals surface area contributed by atoms with Crippen LogP contribution in [0, 0.1) is 11.7 Å². The van der Waals surface area contributed by atoms with E-state index in [0.29, 0.717) is 33.1 Å². The highest BCUT2D eigenvalue weighted by Gasteiger charge is 2.26. The van der Waals surface area contributed by atoms with Crippen LogP contribution in [-0.4, -0.2) is 32.3 Å². The largest absolute Gasteiger partial charge is 0.342 e. The van der Waals surface area contributed by atoms with Gasteiger partial charge in [-0.25, -0.2) is 4.39 Å². The fraction of sp³-hybridized carbons (Fsp3) is 0.304. The molecule has 2 aromatic carbocycles. The average molecular weight is 524 g/mol. The topological polar surface area (TPSA) is 88.9 Å². The van der Waals surface area contributed by atoms with Gasteiger partial charge in [0.25, 0.3) is 5.91 Å². The first-order chi connectivity index (χ1) is 16.2. The van der Waals surface area contributed by atoms with Gasteiger partial charge in [-0.2, -0.15) is 0 Å². The lowest BCUT2D eigenvalue weighted by atomic mass is 10.0. The summed E-state index contributed by atoms with van der Waals surface area (Å²) < 4.78 is 15.6. The van der Waals surface area contributed by atoms with Crippen LogP contribution >= 0.6 is 35.0 Å². The first-order valence-corrected chi connectivity index (χ1v) is 12.3. The molecule has 34 heavy (non-hydrogen) atoms. The number of nitrogens with one attached hydrogen (secondary N) is 2. The number of anilines is 1. The summed E-state index contributed by atoms with van der Waals surface area (Å²) in [5.74, 6) is -0.588. The minimum Gasteiger partial charge on any atom is -0.342 e. The zero-order valence-electron chi connectivity index (χ0n) is 18.8. The van der Waals surface area contributed by atoms with Crippen molar-refractivity contribution in [1.29, 1.82) is 0 Å². The number of carbonyl (C=O) groups is 2. The molecule has 1 atom stereocenters. The number of hydrogen-bond acceptors (Lipinski definition) is 5. The summed E-state index contributed by atoms with van der Waals surface area (Å²) in [7, 11) is 0. The van der Waals surface area contributed by atoms with Crippen molar-refractivity contribution in [1.82, 2.24) is 20.1 Å². The first kappa shape index (κ1) is 26.0. The lowest BCUT2D eigenvalue weighted by molar-refractivity contribution is -0.113. The van der Waals surface area contributed by atoms with Crippen molar-refractivity contribution in [3.63, 3.8) is 0 Å². The molecule has 0 saturated carbocycles. The zero-order valence-corrected chi connectivity index (χ0v) is 21.1. The third-order valence-electron chi connectivity index (χ3n) is 4.96. The predicted octanol–water partition coefficient (Wildman–Crippen LogP) is 5.60. The van der Waals surface area contributed by atoms with Crippen LogP contribution < -0.4 is 10.6 Å². The van der Waals surface area contributed by atoms with E-state index in [2.05, 4.69) is 20.8 Å². The van der Waals surface area contributed by atoms with Crippen LogP contribution in [0.5, 0.6) is 0 Å². The van der Waals surface area contributed by atoms with E-state index in [1.54, 1.807) is 24.3 Å². The molecule has 180 valence electrons. The number of thioether (sulfide) groups is 1. The lowest BCUT2D eigenvalue weighted by Crippen LogP contribution is -2.33. The smallest absolute Gasteiger partial charge is 0.251 e. The van der Waals surface area contributed by atoms with Crippen LogP contribution in [0.15, 0.2) is 47.6 Å². The molecule has 0 spiro atoms. The number of amides is 2. The molecular weight excluding hydrogens is 500 g/mol. The van der Waals surface area contributed by atoms with Gasteiger partial charge in [-0.3, -0.25) is 9.59 Å². The molecule has 2 N–H and O–H groups in total. The average Bonchev–Trinajstić information content (AvgIpc) is 3.21. The number of halogens is 3. The van der Waals surface area contributed by atoms with Gasteiger partial charge in [-0.1, -0.05) is 60.9 Å².